The number of hydrogen-bond acceptors (Lipinski definition) is 1. The molecule has 1 radical (unpaired) electrons. The Labute approximate surface area is 47.8 Å². The van der Waals surface area contributed by atoms with Crippen LogP contribution in [0.5, 0.6) is 0 Å². The molecule has 0 aliphatic carbocycles. The third kappa shape index (κ3) is 1.03. The number of aryl methyl sites for hydroxylation is 1. The summed E-state index contributed by atoms with van der Waals surface area (Å²) in [7, 11) is 0. The van der Waals surface area contributed by atoms with E-state index in [-0.39, 0.29) is 0 Å². The van der Waals surface area contributed by atoms with E-state index < -0.39 is 0 Å². The molecule has 0 saturated carbocycles. The molecule has 0 N–H and O–H groups in total. The minimum absolute atomic E-state index is 1.15. The van der Waals surface area contributed by atoms with E-state index in [4.69, 9.17) is 0 Å². The maximum atomic E-state index is 3.76. The van der Waals surface area contributed by atoms with Crippen molar-refractivity contribution in [1.29, 1.82) is 0 Å². The zero-order chi connectivity index (χ0) is 5.28. The smallest absolute Gasteiger partial charge is 0.00516 e. The van der Waals surface area contributed by atoms with E-state index in [9.17, 15) is 0 Å². The summed E-state index contributed by atoms with van der Waals surface area (Å²) in [5, 5.41) is 0. The van der Waals surface area contributed by atoms with Crippen molar-refractivity contribution < 1.29 is 0 Å². The van der Waals surface area contributed by atoms with E-state index in [1.807, 2.05) is 6.07 Å². The van der Waals surface area contributed by atoms with Gasteiger partial charge in [0.15, 0.2) is 0 Å². The number of thiophene rings is 1. The molecule has 1 aromatic heterocycles. The Morgan fingerprint density at radius 3 is 2.43 bits per heavy atom. The normalized spacial score (nSPS) is 9.43. The summed E-state index contributed by atoms with van der Waals surface area (Å²) in [6, 6.07) is 4.10. The second-order valence-electron chi connectivity index (χ2n) is 1.51. The molecule has 1 rings (SSSR count). The van der Waals surface area contributed by atoms with Gasteiger partial charge in [-0.25, -0.2) is 0 Å². The minimum Gasteiger partial charge on any atom is -0.146 e. The van der Waals surface area contributed by atoms with Gasteiger partial charge in [0.25, 0.3) is 0 Å². The van der Waals surface area contributed by atoms with Gasteiger partial charge in [-0.2, -0.15) is 0 Å². The molecule has 0 bridgehead atoms. The van der Waals surface area contributed by atoms with Gasteiger partial charge in [-0.05, 0) is 26.0 Å². The topological polar surface area (TPSA) is 0 Å². The van der Waals surface area contributed by atoms with Crippen LogP contribution in [0.2, 0.25) is 0 Å². The summed E-state index contributed by atoms with van der Waals surface area (Å²) in [6.07, 6.45) is 0. The Balaban J connectivity index is 3.04. The maximum Gasteiger partial charge on any atom is 0.00516 e. The van der Waals surface area contributed by atoms with Gasteiger partial charge in [0, 0.05) is 9.75 Å². The van der Waals surface area contributed by atoms with Crippen LogP contribution in [-0.2, 0) is 0 Å². The molecule has 0 atom stereocenters. The van der Waals surface area contributed by atoms with Crippen molar-refractivity contribution in [3.8, 4) is 0 Å². The number of rotatable bonds is 0. The van der Waals surface area contributed by atoms with Crippen LogP contribution in [0, 0.1) is 13.8 Å². The van der Waals surface area contributed by atoms with E-state index >= 15 is 0 Å². The average molecular weight is 111 g/mol. The fraction of sp³-hybridized carbons (Fsp3) is 0.167. The zero-order valence-electron chi connectivity index (χ0n) is 4.27. The fourth-order valence-electron chi connectivity index (χ4n) is 0.485. The summed E-state index contributed by atoms with van der Waals surface area (Å²) >= 11 is 1.73. The van der Waals surface area contributed by atoms with Crippen LogP contribution in [0.25, 0.3) is 0 Å². The van der Waals surface area contributed by atoms with Gasteiger partial charge in [0.1, 0.15) is 0 Å². The van der Waals surface area contributed by atoms with Gasteiger partial charge in [-0.15, -0.1) is 11.3 Å². The predicted molar refractivity (Wildman–Crippen MR) is 33.5 cm³/mol. The summed E-state index contributed by atoms with van der Waals surface area (Å²) in [4.78, 5) is 2.49. The van der Waals surface area contributed by atoms with Gasteiger partial charge in [0.05, 0.1) is 0 Å². The van der Waals surface area contributed by atoms with Gasteiger partial charge >= 0.3 is 0 Å². The lowest BCUT2D eigenvalue weighted by Gasteiger charge is -1.71. The highest BCUT2D eigenvalue weighted by Crippen LogP contribution is 2.11. The first-order valence-corrected chi connectivity index (χ1v) is 2.99. The van der Waals surface area contributed by atoms with E-state index in [0.29, 0.717) is 0 Å². The Morgan fingerprint density at radius 2 is 2.29 bits per heavy atom. The van der Waals surface area contributed by atoms with E-state index in [1.54, 1.807) is 11.3 Å². The van der Waals surface area contributed by atoms with Gasteiger partial charge in [-0.1, -0.05) is 0 Å². The monoisotopic (exact) mass is 111 g/mol. The lowest BCUT2D eigenvalue weighted by Crippen LogP contribution is -1.44. The molecular formula is C6H7S. The minimum atomic E-state index is 1.15. The third-order valence-corrected chi connectivity index (χ3v) is 1.65. The lowest BCUT2D eigenvalue weighted by molar-refractivity contribution is 1.64. The molecule has 0 aliphatic heterocycles. The largest absolute Gasteiger partial charge is 0.146 e. The van der Waals surface area contributed by atoms with Gasteiger partial charge in [-0.3, -0.25) is 0 Å². The Hall–Kier alpha value is -0.300. The van der Waals surface area contributed by atoms with E-state index in [1.165, 1.54) is 4.88 Å². The second kappa shape index (κ2) is 1.66. The molecule has 0 amide bonds. The maximum absolute atomic E-state index is 3.76. The predicted octanol–water partition coefficient (Wildman–Crippen LogP) is 2.24. The molecule has 0 aromatic carbocycles. The molecular weight excluding hydrogens is 104 g/mol. The van der Waals surface area contributed by atoms with Crippen LogP contribution < -0.4 is 0 Å². The summed E-state index contributed by atoms with van der Waals surface area (Å²) < 4.78 is 0. The van der Waals surface area contributed by atoms with Gasteiger partial charge < -0.3 is 0 Å². The lowest BCUT2D eigenvalue weighted by atomic mass is 10.5. The molecule has 0 aliphatic rings. The summed E-state index contributed by atoms with van der Waals surface area (Å²) in [5.74, 6) is 0. The fourth-order valence-corrected chi connectivity index (χ4v) is 1.17. The first kappa shape index (κ1) is 4.85. The first-order chi connectivity index (χ1) is 3.29. The van der Waals surface area contributed by atoms with Crippen molar-refractivity contribution in [3.63, 3.8) is 0 Å². The van der Waals surface area contributed by atoms with Crippen LogP contribution in [0.4, 0.5) is 0 Å². The Morgan fingerprint density at radius 1 is 1.57 bits per heavy atom. The van der Waals surface area contributed by atoms with Gasteiger partial charge in [0.2, 0.25) is 0 Å². The molecule has 1 aromatic rings. The highest BCUT2D eigenvalue weighted by atomic mass is 32.1. The van der Waals surface area contributed by atoms with Crippen molar-refractivity contribution in [2.45, 2.75) is 6.92 Å². The van der Waals surface area contributed by atoms with Crippen LogP contribution in [0.1, 0.15) is 9.75 Å². The molecule has 1 heterocycles. The van der Waals surface area contributed by atoms with Crippen LogP contribution in [0.3, 0.4) is 0 Å². The molecule has 0 nitrogen and oxygen atoms in total. The molecule has 0 spiro atoms. The Kier molecular flexibility index (Phi) is 1.15. The zero-order valence-corrected chi connectivity index (χ0v) is 5.09. The first-order valence-electron chi connectivity index (χ1n) is 2.17. The van der Waals surface area contributed by atoms with Crippen molar-refractivity contribution in [2.24, 2.45) is 0 Å². The highest BCUT2D eigenvalue weighted by molar-refractivity contribution is 7.12. The third-order valence-electron chi connectivity index (χ3n) is 0.796. The summed E-state index contributed by atoms with van der Waals surface area (Å²) in [5.41, 5.74) is 0. The van der Waals surface area contributed by atoms with Crippen molar-refractivity contribution in [1.82, 2.24) is 0 Å². The molecule has 0 saturated heterocycles. The molecule has 7 heavy (non-hydrogen) atoms. The Bertz CT molecular complexity index is 136. The molecule has 0 unspecified atom stereocenters. The van der Waals surface area contributed by atoms with Crippen LogP contribution >= 0.6 is 11.3 Å². The van der Waals surface area contributed by atoms with E-state index in [2.05, 4.69) is 19.9 Å². The highest BCUT2D eigenvalue weighted by Gasteiger charge is 1.84. The standard InChI is InChI=1S/C6H7S/c1-5-3-4-6(2)7-5/h3-4H,1H2,2H3. The van der Waals surface area contributed by atoms with Crippen LogP contribution in [0.15, 0.2) is 12.1 Å². The van der Waals surface area contributed by atoms with E-state index in [0.717, 1.165) is 4.88 Å². The molecule has 1 heteroatoms. The van der Waals surface area contributed by atoms with Crippen molar-refractivity contribution in [2.75, 3.05) is 0 Å². The number of hydrogen-bond donors (Lipinski definition) is 0. The molecule has 37 valence electrons. The molecule has 0 fully saturated rings. The van der Waals surface area contributed by atoms with Crippen molar-refractivity contribution >= 4 is 11.3 Å². The van der Waals surface area contributed by atoms with Crippen molar-refractivity contribution in [3.05, 3.63) is 28.8 Å². The average Bonchev–Trinajstić information content (AvgIpc) is 1.87. The quantitative estimate of drug-likeness (QED) is 0.481. The second-order valence-corrected chi connectivity index (χ2v) is 2.88. The summed E-state index contributed by atoms with van der Waals surface area (Å²) in [6.45, 7) is 5.84. The SMILES string of the molecule is [CH2]c1ccc(C)s1. The van der Waals surface area contributed by atoms with Crippen LogP contribution in [-0.4, -0.2) is 0 Å².